The molecular weight excluding hydrogens is 361 g/mol. The number of ether oxygens (including phenoxy) is 1. The van der Waals surface area contributed by atoms with E-state index in [4.69, 9.17) is 9.26 Å². The Bertz CT molecular complexity index is 980. The molecule has 0 saturated carbocycles. The van der Waals surface area contributed by atoms with E-state index in [1.165, 1.54) is 19.2 Å². The fourth-order valence-electron chi connectivity index (χ4n) is 2.63. The van der Waals surface area contributed by atoms with Gasteiger partial charge >= 0.3 is 6.18 Å². The molecule has 5 nitrogen and oxygen atoms in total. The Morgan fingerprint density at radius 1 is 1.15 bits per heavy atom. The molecule has 140 valence electrons. The van der Waals surface area contributed by atoms with Gasteiger partial charge in [-0.05, 0) is 37.3 Å². The number of methoxy groups -OCH3 is 1. The number of carbonyl (C=O) groups excluding carboxylic acids is 1. The SMILES string of the molecule is COc1ccccc1-c1noc(C)c1C(=O)Nc1cccc(C(F)(F)F)c1. The monoisotopic (exact) mass is 376 g/mol. The molecule has 2 aromatic carbocycles. The molecule has 1 amide bonds. The minimum Gasteiger partial charge on any atom is -0.496 e. The number of alkyl halides is 3. The predicted octanol–water partition coefficient (Wildman–Crippen LogP) is 4.93. The van der Waals surface area contributed by atoms with Gasteiger partial charge in [0.2, 0.25) is 0 Å². The van der Waals surface area contributed by atoms with Crippen LogP contribution in [0.15, 0.2) is 53.1 Å². The molecule has 1 heterocycles. The van der Waals surface area contributed by atoms with Gasteiger partial charge in [-0.15, -0.1) is 0 Å². The lowest BCUT2D eigenvalue weighted by Crippen LogP contribution is -2.14. The van der Waals surface area contributed by atoms with Gasteiger partial charge < -0.3 is 14.6 Å². The maximum atomic E-state index is 12.9. The van der Waals surface area contributed by atoms with E-state index < -0.39 is 17.6 Å². The molecule has 0 aliphatic rings. The number of nitrogens with zero attached hydrogens (tertiary/aromatic N) is 1. The molecule has 0 aliphatic carbocycles. The van der Waals surface area contributed by atoms with Crippen LogP contribution in [0.4, 0.5) is 18.9 Å². The molecule has 0 fully saturated rings. The largest absolute Gasteiger partial charge is 0.496 e. The lowest BCUT2D eigenvalue weighted by atomic mass is 10.0. The molecule has 0 saturated heterocycles. The van der Waals surface area contributed by atoms with Gasteiger partial charge in [-0.2, -0.15) is 13.2 Å². The maximum absolute atomic E-state index is 12.9. The third-order valence-corrected chi connectivity index (χ3v) is 3.90. The van der Waals surface area contributed by atoms with E-state index in [1.807, 2.05) is 0 Å². The lowest BCUT2D eigenvalue weighted by molar-refractivity contribution is -0.137. The first-order valence-corrected chi connectivity index (χ1v) is 7.89. The van der Waals surface area contributed by atoms with Crippen LogP contribution in [0.1, 0.15) is 21.7 Å². The van der Waals surface area contributed by atoms with Crippen molar-refractivity contribution in [3.05, 3.63) is 65.4 Å². The zero-order chi connectivity index (χ0) is 19.6. The van der Waals surface area contributed by atoms with Crippen molar-refractivity contribution in [2.45, 2.75) is 13.1 Å². The Morgan fingerprint density at radius 2 is 1.89 bits per heavy atom. The van der Waals surface area contributed by atoms with Crippen LogP contribution in [0.2, 0.25) is 0 Å². The summed E-state index contributed by atoms with van der Waals surface area (Å²) in [4.78, 5) is 12.7. The molecule has 0 radical (unpaired) electrons. The van der Waals surface area contributed by atoms with Crippen LogP contribution >= 0.6 is 0 Å². The Morgan fingerprint density at radius 3 is 2.59 bits per heavy atom. The highest BCUT2D eigenvalue weighted by Gasteiger charge is 2.31. The number of hydrogen-bond acceptors (Lipinski definition) is 4. The molecule has 0 atom stereocenters. The summed E-state index contributed by atoms with van der Waals surface area (Å²) in [7, 11) is 1.48. The molecule has 1 N–H and O–H groups in total. The zero-order valence-corrected chi connectivity index (χ0v) is 14.4. The van der Waals surface area contributed by atoms with Gasteiger partial charge in [-0.3, -0.25) is 4.79 Å². The molecule has 8 heteroatoms. The summed E-state index contributed by atoms with van der Waals surface area (Å²) >= 11 is 0. The second-order valence-corrected chi connectivity index (χ2v) is 5.70. The van der Waals surface area contributed by atoms with E-state index in [9.17, 15) is 18.0 Å². The highest BCUT2D eigenvalue weighted by atomic mass is 19.4. The van der Waals surface area contributed by atoms with Crippen LogP contribution < -0.4 is 10.1 Å². The number of aromatic nitrogens is 1. The fourth-order valence-corrected chi connectivity index (χ4v) is 2.63. The quantitative estimate of drug-likeness (QED) is 0.701. The molecule has 0 spiro atoms. The molecule has 3 aromatic rings. The molecule has 1 aromatic heterocycles. The third-order valence-electron chi connectivity index (χ3n) is 3.90. The van der Waals surface area contributed by atoms with Crippen LogP contribution in [0.25, 0.3) is 11.3 Å². The number of nitrogens with one attached hydrogen (secondary N) is 1. The van der Waals surface area contributed by atoms with Crippen LogP contribution in [-0.4, -0.2) is 18.2 Å². The number of amides is 1. The van der Waals surface area contributed by atoms with Crippen LogP contribution in [-0.2, 0) is 6.18 Å². The minimum atomic E-state index is -4.50. The summed E-state index contributed by atoms with van der Waals surface area (Å²) in [6, 6.07) is 11.3. The highest BCUT2D eigenvalue weighted by Crippen LogP contribution is 2.34. The maximum Gasteiger partial charge on any atom is 0.416 e. The Kier molecular flexibility index (Phi) is 4.89. The van der Waals surface area contributed by atoms with Gasteiger partial charge in [-0.1, -0.05) is 23.4 Å². The molecule has 3 rings (SSSR count). The number of hydrogen-bond donors (Lipinski definition) is 1. The van der Waals surface area contributed by atoms with Crippen molar-refractivity contribution in [1.82, 2.24) is 5.16 Å². The van der Waals surface area contributed by atoms with Crippen molar-refractivity contribution in [1.29, 1.82) is 0 Å². The summed E-state index contributed by atoms with van der Waals surface area (Å²) in [6.45, 7) is 1.55. The Labute approximate surface area is 152 Å². The summed E-state index contributed by atoms with van der Waals surface area (Å²) in [5.74, 6) is 0.0910. The van der Waals surface area contributed by atoms with E-state index in [-0.39, 0.29) is 22.7 Å². The third kappa shape index (κ3) is 3.79. The average molecular weight is 376 g/mol. The molecule has 27 heavy (non-hydrogen) atoms. The molecule has 0 unspecified atom stereocenters. The number of para-hydroxylation sites is 1. The minimum absolute atomic E-state index is 0.0152. The smallest absolute Gasteiger partial charge is 0.416 e. The van der Waals surface area contributed by atoms with Gasteiger partial charge in [0, 0.05) is 11.3 Å². The zero-order valence-electron chi connectivity index (χ0n) is 14.4. The summed E-state index contributed by atoms with van der Waals surface area (Å²) in [6.07, 6.45) is -4.50. The number of aryl methyl sites for hydroxylation is 1. The lowest BCUT2D eigenvalue weighted by Gasteiger charge is -2.11. The first-order chi connectivity index (χ1) is 12.8. The first-order valence-electron chi connectivity index (χ1n) is 7.89. The number of benzene rings is 2. The first kappa shape index (κ1) is 18.5. The highest BCUT2D eigenvalue weighted by molar-refractivity contribution is 6.09. The van der Waals surface area contributed by atoms with E-state index in [0.717, 1.165) is 12.1 Å². The van der Waals surface area contributed by atoms with Crippen molar-refractivity contribution in [2.24, 2.45) is 0 Å². The van der Waals surface area contributed by atoms with E-state index >= 15 is 0 Å². The van der Waals surface area contributed by atoms with E-state index in [2.05, 4.69) is 10.5 Å². The van der Waals surface area contributed by atoms with Crippen molar-refractivity contribution >= 4 is 11.6 Å². The normalized spacial score (nSPS) is 11.3. The summed E-state index contributed by atoms with van der Waals surface area (Å²) in [5.41, 5.74) is 0.0612. The van der Waals surface area contributed by atoms with Gasteiger partial charge in [0.15, 0.2) is 0 Å². The number of anilines is 1. The average Bonchev–Trinajstić information content (AvgIpc) is 3.02. The van der Waals surface area contributed by atoms with Gasteiger partial charge in [0.25, 0.3) is 5.91 Å². The van der Waals surface area contributed by atoms with Crippen molar-refractivity contribution in [2.75, 3.05) is 12.4 Å². The van der Waals surface area contributed by atoms with Gasteiger partial charge in [-0.25, -0.2) is 0 Å². The predicted molar refractivity (Wildman–Crippen MR) is 92.6 cm³/mol. The van der Waals surface area contributed by atoms with Crippen LogP contribution in [0.5, 0.6) is 5.75 Å². The van der Waals surface area contributed by atoms with Crippen molar-refractivity contribution in [3.8, 4) is 17.0 Å². The second-order valence-electron chi connectivity index (χ2n) is 5.70. The van der Waals surface area contributed by atoms with Crippen LogP contribution in [0.3, 0.4) is 0 Å². The number of rotatable bonds is 4. The topological polar surface area (TPSA) is 64.4 Å². The summed E-state index contributed by atoms with van der Waals surface area (Å²) in [5, 5.41) is 6.38. The number of carbonyl (C=O) groups is 1. The molecule has 0 aliphatic heterocycles. The van der Waals surface area contributed by atoms with Gasteiger partial charge in [0.05, 0.1) is 12.7 Å². The van der Waals surface area contributed by atoms with E-state index in [0.29, 0.717) is 11.3 Å². The van der Waals surface area contributed by atoms with Crippen molar-refractivity contribution in [3.63, 3.8) is 0 Å². The van der Waals surface area contributed by atoms with Crippen LogP contribution in [0, 0.1) is 6.92 Å². The summed E-state index contributed by atoms with van der Waals surface area (Å²) < 4.78 is 49.0. The Hall–Kier alpha value is -3.29. The molecule has 0 bridgehead atoms. The standard InChI is InChI=1S/C19H15F3N2O3/c1-11-16(17(24-27-11)14-8-3-4-9-15(14)26-2)18(25)23-13-7-5-6-12(10-13)19(20,21)22/h3-10H,1-2H3,(H,23,25). The second kappa shape index (κ2) is 7.14. The number of halogens is 3. The fraction of sp³-hybridized carbons (Fsp3) is 0.158. The van der Waals surface area contributed by atoms with Gasteiger partial charge in [0.1, 0.15) is 22.8 Å². The Balaban J connectivity index is 1.96. The van der Waals surface area contributed by atoms with E-state index in [1.54, 1.807) is 31.2 Å². The molecular formula is C19H15F3N2O3. The van der Waals surface area contributed by atoms with Crippen molar-refractivity contribution < 1.29 is 27.2 Å².